The zero-order valence-electron chi connectivity index (χ0n) is 11.8. The molecule has 1 saturated carbocycles. The van der Waals surface area contributed by atoms with E-state index in [0.29, 0.717) is 0 Å². The van der Waals surface area contributed by atoms with Crippen molar-refractivity contribution in [1.29, 1.82) is 0 Å². The molecule has 3 N–H and O–H groups in total. The van der Waals surface area contributed by atoms with E-state index in [4.69, 9.17) is 0 Å². The molecule has 5 heteroatoms. The first-order valence-electron chi connectivity index (χ1n) is 6.98. The van der Waals surface area contributed by atoms with Crippen molar-refractivity contribution in [3.63, 3.8) is 0 Å². The Morgan fingerprint density at radius 2 is 1.75 bits per heavy atom. The summed E-state index contributed by atoms with van der Waals surface area (Å²) in [6, 6.07) is 8.59. The second-order valence-corrected chi connectivity index (χ2v) is 5.40. The molecule has 0 spiro atoms. The third-order valence-corrected chi connectivity index (χ3v) is 3.01. The molecule has 0 radical (unpaired) electrons. The summed E-state index contributed by atoms with van der Waals surface area (Å²) >= 11 is 0. The highest BCUT2D eigenvalue weighted by Gasteiger charge is 2.27. The maximum atomic E-state index is 12.2. The van der Waals surface area contributed by atoms with Crippen LogP contribution in [0.2, 0.25) is 0 Å². The van der Waals surface area contributed by atoms with Gasteiger partial charge in [-0.2, -0.15) is 0 Å². The number of nitrogens with one attached hydrogen (secondary N) is 3. The molecule has 1 aliphatic carbocycles. The Balaban J connectivity index is 2.06. The molecule has 3 amide bonds. The predicted molar refractivity (Wildman–Crippen MR) is 77.2 cm³/mol. The van der Waals surface area contributed by atoms with Crippen molar-refractivity contribution >= 4 is 11.9 Å². The van der Waals surface area contributed by atoms with Crippen LogP contribution in [0.4, 0.5) is 4.79 Å². The molecule has 108 valence electrons. The second-order valence-electron chi connectivity index (χ2n) is 5.40. The fraction of sp³-hybridized carbons (Fsp3) is 0.467. The lowest BCUT2D eigenvalue weighted by Crippen LogP contribution is -2.46. The van der Waals surface area contributed by atoms with E-state index in [0.717, 1.165) is 18.4 Å². The van der Waals surface area contributed by atoms with Crippen LogP contribution < -0.4 is 16.0 Å². The summed E-state index contributed by atoms with van der Waals surface area (Å²) in [5.41, 5.74) is 0.775. The summed E-state index contributed by atoms with van der Waals surface area (Å²) in [4.78, 5) is 24.1. The van der Waals surface area contributed by atoms with Crippen molar-refractivity contribution < 1.29 is 9.59 Å². The smallest absolute Gasteiger partial charge is 0.315 e. The fourth-order valence-electron chi connectivity index (χ4n) is 1.90. The number of benzene rings is 1. The number of amides is 3. The molecular weight excluding hydrogens is 254 g/mol. The van der Waals surface area contributed by atoms with Crippen molar-refractivity contribution in [1.82, 2.24) is 16.0 Å². The molecule has 0 saturated heterocycles. The fourth-order valence-corrected chi connectivity index (χ4v) is 1.90. The van der Waals surface area contributed by atoms with Crippen LogP contribution in [0, 0.1) is 0 Å². The summed E-state index contributed by atoms with van der Waals surface area (Å²) in [5.74, 6) is -0.197. The van der Waals surface area contributed by atoms with Gasteiger partial charge in [-0.3, -0.25) is 4.79 Å². The highest BCUT2D eigenvalue weighted by Crippen LogP contribution is 2.19. The number of urea groups is 1. The van der Waals surface area contributed by atoms with Gasteiger partial charge in [-0.05, 0) is 32.3 Å². The Labute approximate surface area is 119 Å². The average Bonchev–Trinajstić information content (AvgIpc) is 3.20. The molecule has 1 aromatic rings. The highest BCUT2D eigenvalue weighted by atomic mass is 16.2. The number of rotatable bonds is 5. The molecule has 1 fully saturated rings. The van der Waals surface area contributed by atoms with Gasteiger partial charge < -0.3 is 16.0 Å². The monoisotopic (exact) mass is 275 g/mol. The van der Waals surface area contributed by atoms with Gasteiger partial charge in [0.05, 0.1) is 0 Å². The molecule has 0 heterocycles. The van der Waals surface area contributed by atoms with Gasteiger partial charge in [0.2, 0.25) is 5.91 Å². The molecule has 0 aliphatic heterocycles. The number of hydrogen-bond donors (Lipinski definition) is 3. The van der Waals surface area contributed by atoms with Gasteiger partial charge in [0, 0.05) is 12.1 Å². The highest BCUT2D eigenvalue weighted by molar-refractivity contribution is 5.88. The van der Waals surface area contributed by atoms with Crippen molar-refractivity contribution in [2.45, 2.75) is 44.8 Å². The molecule has 2 rings (SSSR count). The number of carbonyl (C=O) groups excluding carboxylic acids is 2. The standard InChI is InChI=1S/C15H21N3O2/c1-10(2)16-14(19)13(11-6-4-3-5-7-11)18-15(20)17-12-8-9-12/h3-7,10,12-13H,8-9H2,1-2H3,(H,16,19)(H2,17,18,20)/t13-/m0/s1. The summed E-state index contributed by atoms with van der Waals surface area (Å²) in [5, 5.41) is 8.41. The molecule has 0 unspecified atom stereocenters. The van der Waals surface area contributed by atoms with E-state index in [2.05, 4.69) is 16.0 Å². The van der Waals surface area contributed by atoms with Gasteiger partial charge in [0.15, 0.2) is 0 Å². The topological polar surface area (TPSA) is 70.2 Å². The third kappa shape index (κ3) is 4.26. The molecule has 1 atom stereocenters. The van der Waals surface area contributed by atoms with Gasteiger partial charge in [0.25, 0.3) is 0 Å². The Kier molecular flexibility index (Phi) is 4.61. The van der Waals surface area contributed by atoms with Gasteiger partial charge >= 0.3 is 6.03 Å². The second kappa shape index (κ2) is 6.41. The van der Waals surface area contributed by atoms with E-state index >= 15 is 0 Å². The zero-order chi connectivity index (χ0) is 14.5. The first-order chi connectivity index (χ1) is 9.56. The van der Waals surface area contributed by atoms with E-state index in [9.17, 15) is 9.59 Å². The van der Waals surface area contributed by atoms with Crippen LogP contribution in [0.25, 0.3) is 0 Å². The minimum atomic E-state index is -0.669. The van der Waals surface area contributed by atoms with E-state index in [-0.39, 0.29) is 24.0 Å². The Bertz CT molecular complexity index is 469. The van der Waals surface area contributed by atoms with Crippen LogP contribution in [0.5, 0.6) is 0 Å². The molecule has 20 heavy (non-hydrogen) atoms. The van der Waals surface area contributed by atoms with Crippen molar-refractivity contribution in [3.8, 4) is 0 Å². The van der Waals surface area contributed by atoms with Gasteiger partial charge in [-0.15, -0.1) is 0 Å². The van der Waals surface area contributed by atoms with E-state index in [1.165, 1.54) is 0 Å². The Morgan fingerprint density at radius 1 is 1.10 bits per heavy atom. The molecule has 0 aromatic heterocycles. The van der Waals surface area contributed by atoms with Gasteiger partial charge in [-0.25, -0.2) is 4.79 Å². The maximum absolute atomic E-state index is 12.2. The average molecular weight is 275 g/mol. The zero-order valence-corrected chi connectivity index (χ0v) is 11.8. The van der Waals surface area contributed by atoms with Crippen LogP contribution in [-0.4, -0.2) is 24.0 Å². The Morgan fingerprint density at radius 3 is 2.30 bits per heavy atom. The normalized spacial score (nSPS) is 15.6. The number of carbonyl (C=O) groups is 2. The molecule has 0 bridgehead atoms. The van der Waals surface area contributed by atoms with Gasteiger partial charge in [0.1, 0.15) is 6.04 Å². The van der Waals surface area contributed by atoms with E-state index in [1.54, 1.807) is 0 Å². The summed E-state index contributed by atoms with van der Waals surface area (Å²) in [7, 11) is 0. The Hall–Kier alpha value is -2.04. The van der Waals surface area contributed by atoms with E-state index < -0.39 is 6.04 Å². The molecule has 1 aliphatic rings. The molecule has 5 nitrogen and oxygen atoms in total. The van der Waals surface area contributed by atoms with Crippen LogP contribution >= 0.6 is 0 Å². The van der Waals surface area contributed by atoms with E-state index in [1.807, 2.05) is 44.2 Å². The summed E-state index contributed by atoms with van der Waals surface area (Å²) in [6.45, 7) is 3.79. The quantitative estimate of drug-likeness (QED) is 0.765. The minimum Gasteiger partial charge on any atom is -0.352 e. The lowest BCUT2D eigenvalue weighted by atomic mass is 10.1. The minimum absolute atomic E-state index is 0.0296. The lowest BCUT2D eigenvalue weighted by molar-refractivity contribution is -0.123. The third-order valence-electron chi connectivity index (χ3n) is 3.01. The molecule has 1 aromatic carbocycles. The first-order valence-corrected chi connectivity index (χ1v) is 6.98. The van der Waals surface area contributed by atoms with Gasteiger partial charge in [-0.1, -0.05) is 30.3 Å². The summed E-state index contributed by atoms with van der Waals surface area (Å²) < 4.78 is 0. The lowest BCUT2D eigenvalue weighted by Gasteiger charge is -2.20. The van der Waals surface area contributed by atoms with Crippen molar-refractivity contribution in [3.05, 3.63) is 35.9 Å². The SMILES string of the molecule is CC(C)NC(=O)[C@@H](NC(=O)NC1CC1)c1ccccc1. The molecular formula is C15H21N3O2. The van der Waals surface area contributed by atoms with Crippen molar-refractivity contribution in [2.24, 2.45) is 0 Å². The van der Waals surface area contributed by atoms with Crippen LogP contribution in [0.1, 0.15) is 38.3 Å². The van der Waals surface area contributed by atoms with Crippen LogP contribution in [0.3, 0.4) is 0 Å². The maximum Gasteiger partial charge on any atom is 0.315 e. The first kappa shape index (κ1) is 14.4. The van der Waals surface area contributed by atoms with Crippen molar-refractivity contribution in [2.75, 3.05) is 0 Å². The predicted octanol–water partition coefficient (Wildman–Crippen LogP) is 1.71. The largest absolute Gasteiger partial charge is 0.352 e. The van der Waals surface area contributed by atoms with Crippen LogP contribution in [-0.2, 0) is 4.79 Å². The number of hydrogen-bond acceptors (Lipinski definition) is 2. The van der Waals surface area contributed by atoms with Crippen LogP contribution in [0.15, 0.2) is 30.3 Å². The summed E-state index contributed by atoms with van der Waals surface area (Å²) in [6.07, 6.45) is 2.03.